The minimum Gasteiger partial charge on any atom is -0.355 e. The number of rotatable bonds is 3. The van der Waals surface area contributed by atoms with Crippen LogP contribution in [0.1, 0.15) is 21.6 Å². The average molecular weight is 321 g/mol. The highest BCUT2D eigenvalue weighted by molar-refractivity contribution is 6.02. The molecule has 0 bridgehead atoms. The molecule has 4 N–H and O–H groups in total. The summed E-state index contributed by atoms with van der Waals surface area (Å²) >= 11 is 0. The molecule has 1 amide bonds. The van der Waals surface area contributed by atoms with Crippen molar-refractivity contribution >= 4 is 28.3 Å². The number of aromatic nitrogens is 2. The van der Waals surface area contributed by atoms with Gasteiger partial charge in [0.05, 0.1) is 16.9 Å². The van der Waals surface area contributed by atoms with Gasteiger partial charge in [-0.05, 0) is 23.8 Å². The molecule has 122 valence electrons. The Hall–Kier alpha value is -2.86. The summed E-state index contributed by atoms with van der Waals surface area (Å²) in [5.74, 6) is -0.110. The number of aromatic amines is 1. The highest BCUT2D eigenvalue weighted by Gasteiger charge is 2.19. The maximum Gasteiger partial charge on any atom is 0.253 e. The van der Waals surface area contributed by atoms with E-state index in [0.29, 0.717) is 5.56 Å². The van der Waals surface area contributed by atoms with Crippen LogP contribution in [0.25, 0.3) is 11.0 Å². The minimum absolute atomic E-state index is 0.110. The molecular weight excluding hydrogens is 302 g/mol. The lowest BCUT2D eigenvalue weighted by molar-refractivity contribution is 0.0964. The summed E-state index contributed by atoms with van der Waals surface area (Å²) in [5.41, 5.74) is 5.73. The number of benzene rings is 1. The van der Waals surface area contributed by atoms with Gasteiger partial charge in [0.25, 0.3) is 5.91 Å². The maximum absolute atomic E-state index is 12.1. The number of H-pyrrole nitrogens is 1. The van der Waals surface area contributed by atoms with Crippen molar-refractivity contribution in [1.29, 1.82) is 0 Å². The van der Waals surface area contributed by atoms with Gasteiger partial charge in [0, 0.05) is 43.8 Å². The summed E-state index contributed by atoms with van der Waals surface area (Å²) < 4.78 is 0. The molecule has 0 aliphatic carbocycles. The molecular formula is C18H19N5O. The number of nitrogens with one attached hydrogen (secondary N) is 4. The van der Waals surface area contributed by atoms with Crippen LogP contribution in [0, 0.1) is 0 Å². The van der Waals surface area contributed by atoms with E-state index < -0.39 is 0 Å². The third kappa shape index (κ3) is 2.41. The van der Waals surface area contributed by atoms with Crippen LogP contribution in [-0.4, -0.2) is 29.5 Å². The average Bonchev–Trinajstić information content (AvgIpc) is 3.01. The van der Waals surface area contributed by atoms with Crippen LogP contribution in [0.3, 0.4) is 0 Å². The first-order chi connectivity index (χ1) is 11.8. The Morgan fingerprint density at radius 1 is 1.21 bits per heavy atom. The third-order valence-corrected chi connectivity index (χ3v) is 4.41. The van der Waals surface area contributed by atoms with Gasteiger partial charge in [-0.1, -0.05) is 12.1 Å². The largest absolute Gasteiger partial charge is 0.355 e. The number of nitrogens with zero attached hydrogens (tertiary/aromatic N) is 1. The molecule has 0 spiro atoms. The summed E-state index contributed by atoms with van der Waals surface area (Å²) in [7, 11) is 1.64. The zero-order valence-electron chi connectivity index (χ0n) is 13.4. The van der Waals surface area contributed by atoms with Gasteiger partial charge < -0.3 is 20.9 Å². The van der Waals surface area contributed by atoms with Crippen LogP contribution >= 0.6 is 0 Å². The molecule has 4 rings (SSSR count). The number of pyridine rings is 1. The zero-order chi connectivity index (χ0) is 16.5. The van der Waals surface area contributed by atoms with Crippen molar-refractivity contribution in [2.75, 3.05) is 18.9 Å². The van der Waals surface area contributed by atoms with Crippen molar-refractivity contribution in [2.45, 2.75) is 13.0 Å². The smallest absolute Gasteiger partial charge is 0.253 e. The first-order valence-corrected chi connectivity index (χ1v) is 8.05. The number of fused-ring (bicyclic) bond motifs is 3. The Morgan fingerprint density at radius 3 is 2.96 bits per heavy atom. The molecule has 6 nitrogen and oxygen atoms in total. The topological polar surface area (TPSA) is 81.8 Å². The molecule has 1 aromatic carbocycles. The Morgan fingerprint density at radius 2 is 2.08 bits per heavy atom. The van der Waals surface area contributed by atoms with Gasteiger partial charge in [-0.2, -0.15) is 0 Å². The first kappa shape index (κ1) is 14.7. The lowest BCUT2D eigenvalue weighted by atomic mass is 10.1. The Labute approximate surface area is 139 Å². The summed E-state index contributed by atoms with van der Waals surface area (Å²) in [5, 5.41) is 10.6. The Bertz CT molecular complexity index is 915. The molecule has 3 heterocycles. The minimum atomic E-state index is -0.110. The summed E-state index contributed by atoms with van der Waals surface area (Å²) in [6.45, 7) is 1.80. The van der Waals surface area contributed by atoms with E-state index in [1.54, 1.807) is 13.2 Å². The van der Waals surface area contributed by atoms with Crippen molar-refractivity contribution < 1.29 is 4.79 Å². The first-order valence-electron chi connectivity index (χ1n) is 8.05. The van der Waals surface area contributed by atoms with Crippen molar-refractivity contribution in [3.8, 4) is 0 Å². The molecule has 1 aliphatic heterocycles. The van der Waals surface area contributed by atoms with Gasteiger partial charge >= 0.3 is 0 Å². The molecule has 0 radical (unpaired) electrons. The molecule has 24 heavy (non-hydrogen) atoms. The van der Waals surface area contributed by atoms with Crippen molar-refractivity contribution in [3.63, 3.8) is 0 Å². The van der Waals surface area contributed by atoms with E-state index in [0.717, 1.165) is 41.9 Å². The molecule has 2 aromatic heterocycles. The third-order valence-electron chi connectivity index (χ3n) is 4.41. The SMILES string of the molecule is CNC(=O)c1ccccc1Nc1ccnc2[nH]c3c(c12)CNCC3. The van der Waals surface area contributed by atoms with Gasteiger partial charge in [0.15, 0.2) is 0 Å². The van der Waals surface area contributed by atoms with E-state index in [9.17, 15) is 4.79 Å². The van der Waals surface area contributed by atoms with Crippen molar-refractivity contribution in [2.24, 2.45) is 0 Å². The van der Waals surface area contributed by atoms with E-state index in [4.69, 9.17) is 0 Å². The van der Waals surface area contributed by atoms with Gasteiger partial charge in [0.1, 0.15) is 5.65 Å². The predicted octanol–water partition coefficient (Wildman–Crippen LogP) is 2.31. The van der Waals surface area contributed by atoms with Crippen molar-refractivity contribution in [3.05, 3.63) is 53.3 Å². The van der Waals surface area contributed by atoms with E-state index in [2.05, 4.69) is 25.9 Å². The highest BCUT2D eigenvalue weighted by atomic mass is 16.1. The number of anilines is 2. The van der Waals surface area contributed by atoms with Crippen LogP contribution in [0.4, 0.5) is 11.4 Å². The highest BCUT2D eigenvalue weighted by Crippen LogP contribution is 2.32. The van der Waals surface area contributed by atoms with Gasteiger partial charge in [-0.3, -0.25) is 4.79 Å². The molecule has 0 atom stereocenters. The maximum atomic E-state index is 12.1. The fourth-order valence-electron chi connectivity index (χ4n) is 3.24. The number of hydrogen-bond donors (Lipinski definition) is 4. The van der Waals surface area contributed by atoms with E-state index in [1.165, 1.54) is 11.3 Å². The van der Waals surface area contributed by atoms with E-state index >= 15 is 0 Å². The summed E-state index contributed by atoms with van der Waals surface area (Å²) in [4.78, 5) is 20.0. The number of para-hydroxylation sites is 1. The van der Waals surface area contributed by atoms with E-state index in [1.807, 2.05) is 30.3 Å². The molecule has 0 saturated carbocycles. The second-order valence-corrected chi connectivity index (χ2v) is 5.84. The van der Waals surface area contributed by atoms with Gasteiger partial charge in [0.2, 0.25) is 0 Å². The van der Waals surface area contributed by atoms with Crippen LogP contribution in [-0.2, 0) is 13.0 Å². The van der Waals surface area contributed by atoms with E-state index in [-0.39, 0.29) is 5.91 Å². The molecule has 6 heteroatoms. The molecule has 0 unspecified atom stereocenters. The van der Waals surface area contributed by atoms with Crippen molar-refractivity contribution in [1.82, 2.24) is 20.6 Å². The molecule has 1 aliphatic rings. The second-order valence-electron chi connectivity index (χ2n) is 5.84. The van der Waals surface area contributed by atoms with Gasteiger partial charge in [-0.25, -0.2) is 4.98 Å². The second kappa shape index (κ2) is 5.98. The lowest BCUT2D eigenvalue weighted by Gasteiger charge is -2.15. The molecule has 0 saturated heterocycles. The van der Waals surface area contributed by atoms with Gasteiger partial charge in [-0.15, -0.1) is 0 Å². The van der Waals surface area contributed by atoms with Crippen LogP contribution in [0.5, 0.6) is 0 Å². The normalized spacial score (nSPS) is 13.5. The Kier molecular flexibility index (Phi) is 3.66. The zero-order valence-corrected chi connectivity index (χ0v) is 13.4. The monoisotopic (exact) mass is 321 g/mol. The number of hydrogen-bond acceptors (Lipinski definition) is 4. The summed E-state index contributed by atoms with van der Waals surface area (Å²) in [6.07, 6.45) is 2.75. The summed E-state index contributed by atoms with van der Waals surface area (Å²) in [6, 6.07) is 9.45. The fourth-order valence-corrected chi connectivity index (χ4v) is 3.24. The van der Waals surface area contributed by atoms with Crippen LogP contribution in [0.2, 0.25) is 0 Å². The number of carbonyl (C=O) groups is 1. The lowest BCUT2D eigenvalue weighted by Crippen LogP contribution is -2.23. The number of amides is 1. The standard InChI is InChI=1S/C18H19N5O/c1-19-18(24)11-4-2-3-5-13(11)22-15-7-9-21-17-16(15)12-10-20-8-6-14(12)23-17/h2-5,7,9,20H,6,8,10H2,1H3,(H,19,24)(H2,21,22,23). The molecule has 3 aromatic rings. The van der Waals surface area contributed by atoms with Crippen LogP contribution < -0.4 is 16.0 Å². The quantitative estimate of drug-likeness (QED) is 0.597. The Balaban J connectivity index is 1.81. The van der Waals surface area contributed by atoms with Crippen LogP contribution in [0.15, 0.2) is 36.5 Å². The predicted molar refractivity (Wildman–Crippen MR) is 94.6 cm³/mol. The molecule has 0 fully saturated rings. The fraction of sp³-hybridized carbons (Fsp3) is 0.222. The number of carbonyl (C=O) groups excluding carboxylic acids is 1.